The summed E-state index contributed by atoms with van der Waals surface area (Å²) in [6.07, 6.45) is 0. The Bertz CT molecular complexity index is 643. The Morgan fingerprint density at radius 3 is 2.37 bits per heavy atom. The zero-order chi connectivity index (χ0) is 21.1. The molecule has 2 N–H and O–H groups in total. The van der Waals surface area contributed by atoms with Crippen LogP contribution in [-0.4, -0.2) is 81.2 Å². The molecule has 0 aromatic heterocycles. The van der Waals surface area contributed by atoms with Crippen molar-refractivity contribution in [3.8, 4) is 0 Å². The molecule has 8 heteroatoms. The second-order valence-corrected chi connectivity index (χ2v) is 7.67. The van der Waals surface area contributed by atoms with Gasteiger partial charge in [-0.1, -0.05) is 38.1 Å². The summed E-state index contributed by atoms with van der Waals surface area (Å²) >= 11 is 0. The number of amides is 1. The zero-order valence-electron chi connectivity index (χ0n) is 18.8. The minimum Gasteiger partial charge on any atom is -0.383 e. The average molecular weight is 531 g/mol. The molecule has 1 aliphatic heterocycles. The maximum absolute atomic E-state index is 11.9. The highest BCUT2D eigenvalue weighted by Gasteiger charge is 2.20. The van der Waals surface area contributed by atoms with E-state index in [1.807, 2.05) is 6.92 Å². The highest BCUT2D eigenvalue weighted by atomic mass is 127. The summed E-state index contributed by atoms with van der Waals surface area (Å²) in [4.78, 5) is 21.1. The molecule has 1 amide bonds. The molecule has 0 atom stereocenters. The second kappa shape index (κ2) is 14.6. The SMILES string of the molecule is CCNC(=NCC(=O)NCCOC)N1CCN(Cc2ccc(C(C)C)cc2)CC1.I. The number of hydrogen-bond acceptors (Lipinski definition) is 4. The monoisotopic (exact) mass is 531 g/mol. The number of halogens is 1. The van der Waals surface area contributed by atoms with Crippen molar-refractivity contribution in [3.05, 3.63) is 35.4 Å². The number of aliphatic imine (C=N–C) groups is 1. The molecule has 0 unspecified atom stereocenters. The second-order valence-electron chi connectivity index (χ2n) is 7.67. The fourth-order valence-corrected chi connectivity index (χ4v) is 3.30. The first-order valence-corrected chi connectivity index (χ1v) is 10.6. The fourth-order valence-electron chi connectivity index (χ4n) is 3.30. The molecule has 1 heterocycles. The van der Waals surface area contributed by atoms with Crippen molar-refractivity contribution in [1.82, 2.24) is 20.4 Å². The van der Waals surface area contributed by atoms with Crippen LogP contribution in [0.25, 0.3) is 0 Å². The lowest BCUT2D eigenvalue weighted by Crippen LogP contribution is -2.52. The summed E-state index contributed by atoms with van der Waals surface area (Å²) in [6.45, 7) is 13.2. The summed E-state index contributed by atoms with van der Waals surface area (Å²) < 4.78 is 4.94. The van der Waals surface area contributed by atoms with E-state index in [1.54, 1.807) is 7.11 Å². The first-order valence-electron chi connectivity index (χ1n) is 10.6. The molecular weight excluding hydrogens is 493 g/mol. The normalized spacial score (nSPS) is 15.1. The van der Waals surface area contributed by atoms with Gasteiger partial charge in [-0.25, -0.2) is 4.99 Å². The topological polar surface area (TPSA) is 69.2 Å². The van der Waals surface area contributed by atoms with Crippen molar-refractivity contribution in [2.45, 2.75) is 33.2 Å². The van der Waals surface area contributed by atoms with Crippen LogP contribution in [0.4, 0.5) is 0 Å². The lowest BCUT2D eigenvalue weighted by molar-refractivity contribution is -0.119. The number of carbonyl (C=O) groups excluding carboxylic acids is 1. The molecule has 170 valence electrons. The van der Waals surface area contributed by atoms with Gasteiger partial charge in [-0.2, -0.15) is 0 Å². The number of nitrogens with one attached hydrogen (secondary N) is 2. The van der Waals surface area contributed by atoms with Gasteiger partial charge in [0, 0.05) is 52.9 Å². The highest BCUT2D eigenvalue weighted by molar-refractivity contribution is 14.0. The number of guanidine groups is 1. The van der Waals surface area contributed by atoms with Crippen LogP contribution in [0.1, 0.15) is 37.8 Å². The largest absolute Gasteiger partial charge is 0.383 e. The van der Waals surface area contributed by atoms with Gasteiger partial charge in [0.1, 0.15) is 6.54 Å². The van der Waals surface area contributed by atoms with E-state index in [1.165, 1.54) is 11.1 Å². The van der Waals surface area contributed by atoms with Gasteiger partial charge in [-0.3, -0.25) is 9.69 Å². The summed E-state index contributed by atoms with van der Waals surface area (Å²) in [5.41, 5.74) is 2.74. The molecule has 0 aliphatic carbocycles. The summed E-state index contributed by atoms with van der Waals surface area (Å²) in [5, 5.41) is 6.11. The van der Waals surface area contributed by atoms with E-state index in [0.29, 0.717) is 19.1 Å². The maximum Gasteiger partial charge on any atom is 0.241 e. The maximum atomic E-state index is 11.9. The minimum absolute atomic E-state index is 0. The van der Waals surface area contributed by atoms with Crippen LogP contribution in [-0.2, 0) is 16.1 Å². The minimum atomic E-state index is -0.0825. The number of nitrogens with zero attached hydrogens (tertiary/aromatic N) is 3. The van der Waals surface area contributed by atoms with Gasteiger partial charge >= 0.3 is 0 Å². The van der Waals surface area contributed by atoms with E-state index in [-0.39, 0.29) is 36.4 Å². The van der Waals surface area contributed by atoms with Crippen LogP contribution in [0.5, 0.6) is 0 Å². The lowest BCUT2D eigenvalue weighted by Gasteiger charge is -2.36. The molecule has 2 rings (SSSR count). The molecule has 1 saturated heterocycles. The predicted octanol–water partition coefficient (Wildman–Crippen LogP) is 2.27. The molecule has 7 nitrogen and oxygen atoms in total. The molecule has 1 aromatic rings. The molecule has 1 aliphatic rings. The molecule has 0 radical (unpaired) electrons. The standard InChI is InChI=1S/C22H37N5O2.HI/c1-5-23-22(25-16-21(28)24-10-15-29-4)27-13-11-26(12-14-27)17-19-6-8-20(9-7-19)18(2)3;/h6-9,18H,5,10-17H2,1-4H3,(H,23,25)(H,24,28);1H. The number of ether oxygens (including phenoxy) is 1. The smallest absolute Gasteiger partial charge is 0.241 e. The Hall–Kier alpha value is -1.39. The van der Waals surface area contributed by atoms with Crippen molar-refractivity contribution in [1.29, 1.82) is 0 Å². The van der Waals surface area contributed by atoms with Crippen LogP contribution in [0.15, 0.2) is 29.3 Å². The van der Waals surface area contributed by atoms with Crippen LogP contribution in [0.2, 0.25) is 0 Å². The Morgan fingerprint density at radius 1 is 1.13 bits per heavy atom. The van der Waals surface area contributed by atoms with Crippen LogP contribution < -0.4 is 10.6 Å². The number of carbonyl (C=O) groups is 1. The Labute approximate surface area is 198 Å². The van der Waals surface area contributed by atoms with E-state index in [9.17, 15) is 4.79 Å². The van der Waals surface area contributed by atoms with Crippen molar-refractivity contribution in [3.63, 3.8) is 0 Å². The van der Waals surface area contributed by atoms with Gasteiger partial charge in [0.05, 0.1) is 6.61 Å². The van der Waals surface area contributed by atoms with E-state index < -0.39 is 0 Å². The lowest BCUT2D eigenvalue weighted by atomic mass is 10.0. The van der Waals surface area contributed by atoms with Crippen LogP contribution in [0, 0.1) is 0 Å². The molecule has 0 bridgehead atoms. The first kappa shape index (κ1) is 26.6. The average Bonchev–Trinajstić information content (AvgIpc) is 2.72. The predicted molar refractivity (Wildman–Crippen MR) is 134 cm³/mol. The third kappa shape index (κ3) is 9.18. The van der Waals surface area contributed by atoms with E-state index in [0.717, 1.165) is 45.2 Å². The number of benzene rings is 1. The van der Waals surface area contributed by atoms with Crippen molar-refractivity contribution >= 4 is 35.8 Å². The van der Waals surface area contributed by atoms with Crippen LogP contribution >= 0.6 is 24.0 Å². The third-order valence-electron chi connectivity index (χ3n) is 5.06. The quantitative estimate of drug-likeness (QED) is 0.222. The molecule has 0 spiro atoms. The number of hydrogen-bond donors (Lipinski definition) is 2. The van der Waals surface area contributed by atoms with Crippen molar-refractivity contribution in [2.24, 2.45) is 4.99 Å². The van der Waals surface area contributed by atoms with E-state index in [4.69, 9.17) is 4.74 Å². The van der Waals surface area contributed by atoms with Crippen molar-refractivity contribution in [2.75, 3.05) is 59.5 Å². The van der Waals surface area contributed by atoms with Gasteiger partial charge in [-0.05, 0) is 24.0 Å². The van der Waals surface area contributed by atoms with E-state index in [2.05, 4.69) is 63.5 Å². The summed E-state index contributed by atoms with van der Waals surface area (Å²) in [6, 6.07) is 8.97. The fraction of sp³-hybridized carbons (Fsp3) is 0.636. The van der Waals surface area contributed by atoms with Gasteiger partial charge < -0.3 is 20.3 Å². The molecule has 0 saturated carbocycles. The Kier molecular flexibility index (Phi) is 13.0. The molecule has 1 fully saturated rings. The molecular formula is C22H38IN5O2. The highest BCUT2D eigenvalue weighted by Crippen LogP contribution is 2.16. The van der Waals surface area contributed by atoms with Gasteiger partial charge in [0.2, 0.25) is 5.91 Å². The summed E-state index contributed by atoms with van der Waals surface area (Å²) in [5.74, 6) is 1.30. The Morgan fingerprint density at radius 2 is 1.80 bits per heavy atom. The zero-order valence-corrected chi connectivity index (χ0v) is 21.1. The Balaban J connectivity index is 0.00000450. The molecule has 30 heavy (non-hydrogen) atoms. The number of methoxy groups -OCH3 is 1. The van der Waals surface area contributed by atoms with E-state index >= 15 is 0 Å². The third-order valence-corrected chi connectivity index (χ3v) is 5.06. The van der Waals surface area contributed by atoms with Gasteiger partial charge in [-0.15, -0.1) is 24.0 Å². The first-order chi connectivity index (χ1) is 14.0. The number of rotatable bonds is 9. The summed E-state index contributed by atoms with van der Waals surface area (Å²) in [7, 11) is 1.62. The molecule has 1 aromatic carbocycles. The van der Waals surface area contributed by atoms with Gasteiger partial charge in [0.15, 0.2) is 5.96 Å². The number of piperazine rings is 1. The van der Waals surface area contributed by atoms with Gasteiger partial charge in [0.25, 0.3) is 0 Å². The van der Waals surface area contributed by atoms with Crippen LogP contribution in [0.3, 0.4) is 0 Å². The van der Waals surface area contributed by atoms with Crippen molar-refractivity contribution < 1.29 is 9.53 Å².